The van der Waals surface area contributed by atoms with Crippen molar-refractivity contribution in [1.29, 1.82) is 0 Å². The number of anilines is 1. The maximum Gasteiger partial charge on any atom is 0.193 e. The summed E-state index contributed by atoms with van der Waals surface area (Å²) in [6.45, 7) is 7.45. The summed E-state index contributed by atoms with van der Waals surface area (Å²) in [5.74, 6) is 2.46. The van der Waals surface area contributed by atoms with E-state index >= 15 is 0 Å². The van der Waals surface area contributed by atoms with Crippen LogP contribution in [0.1, 0.15) is 13.3 Å². The molecule has 0 bridgehead atoms. The van der Waals surface area contributed by atoms with Gasteiger partial charge in [-0.3, -0.25) is 4.99 Å². The molecule has 1 aliphatic heterocycles. The summed E-state index contributed by atoms with van der Waals surface area (Å²) in [5, 5.41) is 3.40. The molecule has 2 aromatic carbocycles. The molecule has 0 aliphatic carbocycles. The van der Waals surface area contributed by atoms with Gasteiger partial charge in [-0.1, -0.05) is 36.4 Å². The summed E-state index contributed by atoms with van der Waals surface area (Å²) in [6, 6.07) is 20.6. The Labute approximate surface area is 169 Å². The second-order valence-corrected chi connectivity index (χ2v) is 7.21. The zero-order valence-electron chi connectivity index (χ0n) is 17.1. The van der Waals surface area contributed by atoms with Gasteiger partial charge in [0.05, 0.1) is 6.54 Å². The van der Waals surface area contributed by atoms with Crippen molar-refractivity contribution < 1.29 is 4.74 Å². The molecule has 5 heteroatoms. The van der Waals surface area contributed by atoms with Crippen LogP contribution < -0.4 is 15.0 Å². The molecule has 0 saturated carbocycles. The molecule has 1 saturated heterocycles. The van der Waals surface area contributed by atoms with Crippen LogP contribution in [-0.2, 0) is 0 Å². The second kappa shape index (κ2) is 10.6. The van der Waals surface area contributed by atoms with Gasteiger partial charge in [-0.25, -0.2) is 0 Å². The molecule has 1 heterocycles. The van der Waals surface area contributed by atoms with Gasteiger partial charge >= 0.3 is 0 Å². The van der Waals surface area contributed by atoms with Crippen LogP contribution in [0.15, 0.2) is 65.7 Å². The van der Waals surface area contributed by atoms with Crippen LogP contribution in [0.3, 0.4) is 0 Å². The predicted molar refractivity (Wildman–Crippen MR) is 117 cm³/mol. The van der Waals surface area contributed by atoms with Crippen molar-refractivity contribution in [3.05, 3.63) is 60.7 Å². The van der Waals surface area contributed by atoms with E-state index in [1.54, 1.807) is 0 Å². The first-order valence-corrected chi connectivity index (χ1v) is 10.2. The number of nitrogens with one attached hydrogen (secondary N) is 1. The van der Waals surface area contributed by atoms with Gasteiger partial charge in [0.15, 0.2) is 5.96 Å². The highest BCUT2D eigenvalue weighted by Gasteiger charge is 2.22. The average molecular weight is 381 g/mol. The fraction of sp³-hybridized carbons (Fsp3) is 0.435. The van der Waals surface area contributed by atoms with E-state index < -0.39 is 0 Å². The molecule has 3 rings (SSSR count). The van der Waals surface area contributed by atoms with Gasteiger partial charge in [-0.15, -0.1) is 0 Å². The lowest BCUT2D eigenvalue weighted by molar-refractivity contribution is 0.281. The van der Waals surface area contributed by atoms with Crippen molar-refractivity contribution in [2.45, 2.75) is 13.3 Å². The number of likely N-dealkylation sites (N-methyl/N-ethyl adjacent to an activating group) is 1. The number of benzene rings is 2. The van der Waals surface area contributed by atoms with Gasteiger partial charge in [0, 0.05) is 38.9 Å². The first kappa shape index (κ1) is 20.1. The normalized spacial score (nSPS) is 16.9. The first-order valence-electron chi connectivity index (χ1n) is 10.2. The third kappa shape index (κ3) is 5.91. The van der Waals surface area contributed by atoms with E-state index in [2.05, 4.69) is 59.4 Å². The lowest BCUT2D eigenvalue weighted by Crippen LogP contribution is -2.41. The quantitative estimate of drug-likeness (QED) is 0.562. The van der Waals surface area contributed by atoms with Crippen LogP contribution >= 0.6 is 0 Å². The van der Waals surface area contributed by atoms with Crippen molar-refractivity contribution in [3.8, 4) is 5.75 Å². The summed E-state index contributed by atoms with van der Waals surface area (Å²) in [6.07, 6.45) is 1.19. The predicted octanol–water partition coefficient (Wildman–Crippen LogP) is 3.49. The highest BCUT2D eigenvalue weighted by atomic mass is 16.5. The molecule has 0 amide bonds. The molecule has 0 spiro atoms. The zero-order valence-corrected chi connectivity index (χ0v) is 17.1. The van der Waals surface area contributed by atoms with Crippen molar-refractivity contribution in [3.63, 3.8) is 0 Å². The Kier molecular flexibility index (Phi) is 7.59. The number of aliphatic imine (C=N–C) groups is 1. The number of guanidine groups is 1. The van der Waals surface area contributed by atoms with Gasteiger partial charge in [0.2, 0.25) is 0 Å². The molecule has 28 heavy (non-hydrogen) atoms. The van der Waals surface area contributed by atoms with Gasteiger partial charge in [0.1, 0.15) is 12.4 Å². The molecular formula is C23H32N4O. The Morgan fingerprint density at radius 1 is 1.14 bits per heavy atom. The number of rotatable bonds is 8. The Morgan fingerprint density at radius 2 is 1.86 bits per heavy atom. The smallest absolute Gasteiger partial charge is 0.193 e. The number of nitrogens with zero attached hydrogens (tertiary/aromatic N) is 3. The molecule has 2 aromatic rings. The van der Waals surface area contributed by atoms with E-state index in [-0.39, 0.29) is 0 Å². The fourth-order valence-electron chi connectivity index (χ4n) is 3.46. The summed E-state index contributed by atoms with van der Waals surface area (Å²) in [5.41, 5.74) is 1.32. The van der Waals surface area contributed by atoms with Crippen LogP contribution in [0.2, 0.25) is 0 Å². The summed E-state index contributed by atoms with van der Waals surface area (Å²) >= 11 is 0. The van der Waals surface area contributed by atoms with Gasteiger partial charge < -0.3 is 19.9 Å². The highest BCUT2D eigenvalue weighted by molar-refractivity contribution is 5.79. The van der Waals surface area contributed by atoms with Gasteiger partial charge in [0.25, 0.3) is 0 Å². The minimum atomic E-state index is 0.600. The fourth-order valence-corrected chi connectivity index (χ4v) is 3.46. The number of ether oxygens (including phenoxy) is 1. The standard InChI is InChI=1S/C23H32N4O/c1-3-24-23(26(2)16-17-28-22-12-8-5-9-13-22)25-18-20-14-15-27(19-20)21-10-6-4-7-11-21/h4-13,20H,3,14-19H2,1-2H3,(H,24,25). The summed E-state index contributed by atoms with van der Waals surface area (Å²) < 4.78 is 5.81. The zero-order chi connectivity index (χ0) is 19.6. The molecule has 1 atom stereocenters. The second-order valence-electron chi connectivity index (χ2n) is 7.21. The van der Waals surface area contributed by atoms with Crippen molar-refractivity contribution in [2.24, 2.45) is 10.9 Å². The molecule has 1 N–H and O–H groups in total. The van der Waals surface area contributed by atoms with Crippen LogP contribution in [-0.4, -0.2) is 57.2 Å². The van der Waals surface area contributed by atoms with Crippen LogP contribution in [0.5, 0.6) is 5.75 Å². The van der Waals surface area contributed by atoms with Gasteiger partial charge in [-0.05, 0) is 43.5 Å². The van der Waals surface area contributed by atoms with E-state index in [1.807, 2.05) is 30.3 Å². The maximum atomic E-state index is 5.81. The summed E-state index contributed by atoms with van der Waals surface area (Å²) in [7, 11) is 2.07. The Morgan fingerprint density at radius 3 is 2.57 bits per heavy atom. The molecule has 0 aromatic heterocycles. The van der Waals surface area contributed by atoms with E-state index in [0.717, 1.165) is 44.4 Å². The SMILES string of the molecule is CCNC(=NCC1CCN(c2ccccc2)C1)N(C)CCOc1ccccc1. The van der Waals surface area contributed by atoms with Crippen molar-refractivity contribution in [2.75, 3.05) is 51.3 Å². The van der Waals surface area contributed by atoms with Crippen LogP contribution in [0.25, 0.3) is 0 Å². The van der Waals surface area contributed by atoms with E-state index in [4.69, 9.17) is 9.73 Å². The molecule has 1 aliphatic rings. The van der Waals surface area contributed by atoms with Crippen LogP contribution in [0.4, 0.5) is 5.69 Å². The third-order valence-corrected chi connectivity index (χ3v) is 5.04. The molecular weight excluding hydrogens is 348 g/mol. The average Bonchev–Trinajstić information content (AvgIpc) is 3.21. The monoisotopic (exact) mass is 380 g/mol. The number of hydrogen-bond acceptors (Lipinski definition) is 3. The third-order valence-electron chi connectivity index (χ3n) is 5.04. The first-order chi connectivity index (χ1) is 13.8. The molecule has 0 radical (unpaired) electrons. The lowest BCUT2D eigenvalue weighted by atomic mass is 10.1. The van der Waals surface area contributed by atoms with Crippen molar-refractivity contribution in [1.82, 2.24) is 10.2 Å². The van der Waals surface area contributed by atoms with E-state index in [9.17, 15) is 0 Å². The summed E-state index contributed by atoms with van der Waals surface area (Å²) in [4.78, 5) is 9.51. The number of hydrogen-bond donors (Lipinski definition) is 1. The molecule has 150 valence electrons. The Hall–Kier alpha value is -2.69. The molecule has 1 unspecified atom stereocenters. The van der Waals surface area contributed by atoms with Crippen molar-refractivity contribution >= 4 is 11.6 Å². The van der Waals surface area contributed by atoms with Gasteiger partial charge in [-0.2, -0.15) is 0 Å². The Balaban J connectivity index is 1.48. The van der Waals surface area contributed by atoms with E-state index in [0.29, 0.717) is 12.5 Å². The highest BCUT2D eigenvalue weighted by Crippen LogP contribution is 2.23. The van der Waals surface area contributed by atoms with Crippen LogP contribution in [0, 0.1) is 5.92 Å². The maximum absolute atomic E-state index is 5.81. The lowest BCUT2D eigenvalue weighted by Gasteiger charge is -2.23. The van der Waals surface area contributed by atoms with E-state index in [1.165, 1.54) is 12.1 Å². The minimum absolute atomic E-state index is 0.600. The molecule has 5 nitrogen and oxygen atoms in total. The number of para-hydroxylation sites is 2. The minimum Gasteiger partial charge on any atom is -0.492 e. The molecule has 1 fully saturated rings. The Bertz CT molecular complexity index is 720. The topological polar surface area (TPSA) is 40.1 Å². The largest absolute Gasteiger partial charge is 0.492 e.